The van der Waals surface area contributed by atoms with Crippen molar-refractivity contribution in [1.29, 1.82) is 0 Å². The van der Waals surface area contributed by atoms with E-state index >= 15 is 0 Å². The molecular weight excluding hydrogens is 264 g/mol. The van der Waals surface area contributed by atoms with Gasteiger partial charge in [-0.05, 0) is 37.4 Å². The molecule has 1 spiro atoms. The van der Waals surface area contributed by atoms with Crippen LogP contribution in [0.25, 0.3) is 0 Å². The van der Waals surface area contributed by atoms with Crippen LogP contribution in [-0.2, 0) is 6.42 Å². The quantitative estimate of drug-likeness (QED) is 0.856. The molecule has 1 aromatic carbocycles. The number of fused-ring (bicyclic) bond motifs is 1. The van der Waals surface area contributed by atoms with Crippen molar-refractivity contribution in [2.45, 2.75) is 25.7 Å². The third-order valence-electron chi connectivity index (χ3n) is 5.23. The molecule has 112 valence electrons. The number of piperidine rings is 1. The summed E-state index contributed by atoms with van der Waals surface area (Å²) in [6.07, 6.45) is 4.52. The molecule has 3 heterocycles. The van der Waals surface area contributed by atoms with Crippen molar-refractivity contribution in [3.05, 3.63) is 29.3 Å². The normalized spacial score (nSPS) is 27.7. The molecule has 4 heteroatoms. The molecular formula is C17H22N2O2. The van der Waals surface area contributed by atoms with Gasteiger partial charge in [0.1, 0.15) is 5.75 Å². The van der Waals surface area contributed by atoms with Gasteiger partial charge in [0.25, 0.3) is 5.91 Å². The summed E-state index contributed by atoms with van der Waals surface area (Å²) in [4.78, 5) is 14.9. The van der Waals surface area contributed by atoms with Gasteiger partial charge < -0.3 is 15.0 Å². The number of nitrogens with one attached hydrogen (secondary N) is 1. The van der Waals surface area contributed by atoms with Crippen LogP contribution in [-0.4, -0.2) is 43.6 Å². The van der Waals surface area contributed by atoms with E-state index in [1.54, 1.807) is 0 Å². The summed E-state index contributed by atoms with van der Waals surface area (Å²) in [6, 6.07) is 5.96. The number of carbonyl (C=O) groups is 1. The maximum Gasteiger partial charge on any atom is 0.257 e. The molecule has 4 nitrogen and oxygen atoms in total. The Morgan fingerprint density at radius 3 is 3.14 bits per heavy atom. The molecule has 1 atom stereocenters. The average Bonchev–Trinajstić information content (AvgIpc) is 3.14. The molecule has 0 unspecified atom stereocenters. The molecule has 0 aromatic heterocycles. The number of hydrogen-bond donors (Lipinski definition) is 1. The smallest absolute Gasteiger partial charge is 0.257 e. The molecule has 1 aromatic rings. The van der Waals surface area contributed by atoms with Crippen LogP contribution in [0.1, 0.15) is 35.2 Å². The second-order valence-corrected chi connectivity index (χ2v) is 6.65. The summed E-state index contributed by atoms with van der Waals surface area (Å²) in [6.45, 7) is 4.65. The lowest BCUT2D eigenvalue weighted by Gasteiger charge is -2.33. The third-order valence-corrected chi connectivity index (χ3v) is 5.23. The summed E-state index contributed by atoms with van der Waals surface area (Å²) in [7, 11) is 0. The minimum atomic E-state index is 0.149. The van der Waals surface area contributed by atoms with Crippen molar-refractivity contribution in [2.75, 3.05) is 32.8 Å². The molecule has 2 saturated heterocycles. The lowest BCUT2D eigenvalue weighted by Crippen LogP contribution is -2.42. The number of para-hydroxylation sites is 1. The Balaban J connectivity index is 1.55. The Labute approximate surface area is 125 Å². The number of carbonyl (C=O) groups excluding carboxylic acids is 1. The Morgan fingerprint density at radius 1 is 1.33 bits per heavy atom. The van der Waals surface area contributed by atoms with E-state index in [1.807, 2.05) is 17.0 Å². The van der Waals surface area contributed by atoms with Gasteiger partial charge in [0.2, 0.25) is 0 Å². The maximum absolute atomic E-state index is 12.9. The summed E-state index contributed by atoms with van der Waals surface area (Å²) in [5.74, 6) is 0.974. The zero-order valence-corrected chi connectivity index (χ0v) is 12.4. The van der Waals surface area contributed by atoms with Gasteiger partial charge >= 0.3 is 0 Å². The summed E-state index contributed by atoms with van der Waals surface area (Å²) >= 11 is 0. The van der Waals surface area contributed by atoms with Crippen LogP contribution < -0.4 is 10.1 Å². The minimum absolute atomic E-state index is 0.149. The predicted octanol–water partition coefficient (Wildman–Crippen LogP) is 1.84. The van der Waals surface area contributed by atoms with Gasteiger partial charge in [-0.2, -0.15) is 0 Å². The zero-order valence-electron chi connectivity index (χ0n) is 12.4. The fraction of sp³-hybridized carbons (Fsp3) is 0.588. The molecule has 0 saturated carbocycles. The first-order valence-corrected chi connectivity index (χ1v) is 8.02. The van der Waals surface area contributed by atoms with Gasteiger partial charge in [-0.25, -0.2) is 0 Å². The van der Waals surface area contributed by atoms with E-state index in [0.29, 0.717) is 12.0 Å². The number of hydrogen-bond acceptors (Lipinski definition) is 3. The Hall–Kier alpha value is -1.55. The average molecular weight is 286 g/mol. The van der Waals surface area contributed by atoms with Crippen LogP contribution in [0.2, 0.25) is 0 Å². The fourth-order valence-electron chi connectivity index (χ4n) is 4.04. The number of likely N-dealkylation sites (tertiary alicyclic amines) is 1. The van der Waals surface area contributed by atoms with Crippen LogP contribution in [0.4, 0.5) is 0 Å². The first-order valence-electron chi connectivity index (χ1n) is 8.02. The van der Waals surface area contributed by atoms with Crippen molar-refractivity contribution in [3.8, 4) is 5.75 Å². The molecule has 1 N–H and O–H groups in total. The van der Waals surface area contributed by atoms with Gasteiger partial charge in [-0.15, -0.1) is 0 Å². The van der Waals surface area contributed by atoms with Crippen LogP contribution in [0.5, 0.6) is 5.75 Å². The van der Waals surface area contributed by atoms with Gasteiger partial charge in [-0.1, -0.05) is 12.1 Å². The van der Waals surface area contributed by atoms with Gasteiger partial charge in [0, 0.05) is 31.5 Å². The molecule has 2 fully saturated rings. The van der Waals surface area contributed by atoms with Crippen LogP contribution in [0.3, 0.4) is 0 Å². The molecule has 21 heavy (non-hydrogen) atoms. The highest BCUT2D eigenvalue weighted by Gasteiger charge is 2.41. The molecule has 0 aliphatic carbocycles. The van der Waals surface area contributed by atoms with E-state index in [4.69, 9.17) is 4.74 Å². The highest BCUT2D eigenvalue weighted by molar-refractivity contribution is 5.97. The molecule has 0 radical (unpaired) electrons. The fourth-order valence-corrected chi connectivity index (χ4v) is 4.04. The van der Waals surface area contributed by atoms with Gasteiger partial charge in [0.05, 0.1) is 12.2 Å². The zero-order chi connectivity index (χ0) is 14.3. The second kappa shape index (κ2) is 5.02. The molecule has 3 aliphatic rings. The van der Waals surface area contributed by atoms with E-state index < -0.39 is 0 Å². The van der Waals surface area contributed by atoms with Gasteiger partial charge in [-0.3, -0.25) is 4.79 Å². The highest BCUT2D eigenvalue weighted by Crippen LogP contribution is 2.38. The first-order chi connectivity index (χ1) is 10.3. The highest BCUT2D eigenvalue weighted by atomic mass is 16.5. The lowest BCUT2D eigenvalue weighted by atomic mass is 9.80. The van der Waals surface area contributed by atoms with Crippen LogP contribution in [0.15, 0.2) is 18.2 Å². The summed E-state index contributed by atoms with van der Waals surface area (Å²) in [5.41, 5.74) is 2.24. The Kier molecular flexibility index (Phi) is 3.14. The second-order valence-electron chi connectivity index (χ2n) is 6.65. The number of ether oxygens (including phenoxy) is 1. The van der Waals surface area contributed by atoms with E-state index in [9.17, 15) is 4.79 Å². The minimum Gasteiger partial charge on any atom is -0.492 e. The van der Waals surface area contributed by atoms with Crippen molar-refractivity contribution < 1.29 is 9.53 Å². The molecule has 4 rings (SSSR count). The van der Waals surface area contributed by atoms with Crippen molar-refractivity contribution in [1.82, 2.24) is 10.2 Å². The standard InChI is InChI=1S/C17H22N2O2/c20-16(14-4-1-3-13-5-10-21-15(13)14)19-9-7-17(12-19)6-2-8-18-11-17/h1,3-4,18H,2,5-12H2/t17-/m1/s1. The van der Waals surface area contributed by atoms with E-state index in [0.717, 1.165) is 50.3 Å². The predicted molar refractivity (Wildman–Crippen MR) is 80.7 cm³/mol. The van der Waals surface area contributed by atoms with E-state index in [1.165, 1.54) is 18.4 Å². The van der Waals surface area contributed by atoms with Gasteiger partial charge in [0.15, 0.2) is 0 Å². The SMILES string of the molecule is O=C(c1cccc2c1OCC2)N1CC[C@@]2(CCCNC2)C1. The topological polar surface area (TPSA) is 41.6 Å². The summed E-state index contributed by atoms with van der Waals surface area (Å²) in [5, 5.41) is 3.50. The van der Waals surface area contributed by atoms with E-state index in [2.05, 4.69) is 11.4 Å². The van der Waals surface area contributed by atoms with E-state index in [-0.39, 0.29) is 5.91 Å². The lowest BCUT2D eigenvalue weighted by molar-refractivity contribution is 0.0760. The van der Waals surface area contributed by atoms with Crippen molar-refractivity contribution >= 4 is 5.91 Å². The first kappa shape index (κ1) is 13.1. The molecule has 3 aliphatic heterocycles. The van der Waals surface area contributed by atoms with Crippen LogP contribution in [0, 0.1) is 5.41 Å². The monoisotopic (exact) mass is 286 g/mol. The number of rotatable bonds is 1. The number of benzene rings is 1. The Bertz CT molecular complexity index is 564. The largest absolute Gasteiger partial charge is 0.492 e. The Morgan fingerprint density at radius 2 is 2.29 bits per heavy atom. The number of nitrogens with zero attached hydrogens (tertiary/aromatic N) is 1. The molecule has 0 bridgehead atoms. The van der Waals surface area contributed by atoms with Crippen molar-refractivity contribution in [3.63, 3.8) is 0 Å². The third kappa shape index (κ3) is 2.22. The molecule has 1 amide bonds. The van der Waals surface area contributed by atoms with Crippen LogP contribution >= 0.6 is 0 Å². The number of amides is 1. The van der Waals surface area contributed by atoms with Crippen molar-refractivity contribution in [2.24, 2.45) is 5.41 Å². The maximum atomic E-state index is 12.9. The summed E-state index contributed by atoms with van der Waals surface area (Å²) < 4.78 is 5.69.